The van der Waals surface area contributed by atoms with Gasteiger partial charge in [0.25, 0.3) is 0 Å². The highest BCUT2D eigenvalue weighted by molar-refractivity contribution is 6.32. The first-order chi connectivity index (χ1) is 9.36. The van der Waals surface area contributed by atoms with Crippen LogP contribution >= 0.6 is 11.6 Å². The van der Waals surface area contributed by atoms with E-state index in [2.05, 4.69) is 0 Å². The minimum absolute atomic E-state index is 0.555. The molecule has 1 aromatic carbocycles. The lowest BCUT2D eigenvalue weighted by atomic mass is 10.1. The van der Waals surface area contributed by atoms with Crippen LogP contribution in [0.15, 0.2) is 24.3 Å². The van der Waals surface area contributed by atoms with Gasteiger partial charge < -0.3 is 14.4 Å². The van der Waals surface area contributed by atoms with Crippen molar-refractivity contribution in [2.24, 2.45) is 0 Å². The van der Waals surface area contributed by atoms with E-state index >= 15 is 0 Å². The number of rotatable bonds is 7. The summed E-state index contributed by atoms with van der Waals surface area (Å²) in [5.41, 5.74) is 0. The van der Waals surface area contributed by atoms with Crippen molar-refractivity contribution < 1.29 is 14.4 Å². The second-order valence-electron chi connectivity index (χ2n) is 4.95. The second kappa shape index (κ2) is 8.41. The van der Waals surface area contributed by atoms with E-state index in [1.165, 1.54) is 32.4 Å². The van der Waals surface area contributed by atoms with Crippen LogP contribution in [0.4, 0.5) is 0 Å². The Hall–Kier alpha value is -0.770. The average Bonchev–Trinajstić information content (AvgIpc) is 2.45. The van der Waals surface area contributed by atoms with E-state index in [0.29, 0.717) is 18.2 Å². The Morgan fingerprint density at radius 1 is 1.00 bits per heavy atom. The van der Waals surface area contributed by atoms with Crippen LogP contribution in [-0.4, -0.2) is 39.5 Å². The molecule has 1 heterocycles. The van der Waals surface area contributed by atoms with Gasteiger partial charge in [0.2, 0.25) is 0 Å². The maximum atomic E-state index is 6.00. The van der Waals surface area contributed by atoms with Crippen LogP contribution in [0.1, 0.15) is 19.3 Å². The molecule has 0 aliphatic carbocycles. The number of ether oxygens (including phenoxy) is 2. The quantitative estimate of drug-likeness (QED) is 0.772. The van der Waals surface area contributed by atoms with Crippen molar-refractivity contribution in [2.45, 2.75) is 19.3 Å². The topological polar surface area (TPSA) is 22.9 Å². The van der Waals surface area contributed by atoms with Gasteiger partial charge in [0.1, 0.15) is 18.9 Å². The zero-order valence-electron chi connectivity index (χ0n) is 11.4. The van der Waals surface area contributed by atoms with Crippen molar-refractivity contribution in [3.05, 3.63) is 29.3 Å². The maximum Gasteiger partial charge on any atom is 0.138 e. The summed E-state index contributed by atoms with van der Waals surface area (Å²) >= 11 is 6.00. The molecule has 1 saturated heterocycles. The molecule has 0 aromatic heterocycles. The Balaban J connectivity index is 1.51. The van der Waals surface area contributed by atoms with Gasteiger partial charge in [-0.15, -0.1) is 0 Å². The minimum Gasteiger partial charge on any atom is -0.490 e. The number of para-hydroxylation sites is 1. The SMILES string of the molecule is Clc1ccccc1OCCOCC[NH+]1CCCCC1. The molecule has 0 unspecified atom stereocenters. The minimum atomic E-state index is 0.555. The molecule has 0 amide bonds. The van der Waals surface area contributed by atoms with Crippen LogP contribution in [0.3, 0.4) is 0 Å². The van der Waals surface area contributed by atoms with Crippen LogP contribution in [-0.2, 0) is 4.74 Å². The molecule has 4 heteroatoms. The fourth-order valence-corrected chi connectivity index (χ4v) is 2.58. The van der Waals surface area contributed by atoms with Crippen molar-refractivity contribution in [2.75, 3.05) is 39.5 Å². The number of hydrogen-bond acceptors (Lipinski definition) is 2. The summed E-state index contributed by atoms with van der Waals surface area (Å²) in [6.45, 7) is 5.73. The first-order valence-corrected chi connectivity index (χ1v) is 7.53. The third kappa shape index (κ3) is 5.39. The molecule has 0 spiro atoms. The van der Waals surface area contributed by atoms with E-state index in [4.69, 9.17) is 21.1 Å². The molecule has 2 rings (SSSR count). The lowest BCUT2D eigenvalue weighted by molar-refractivity contribution is -0.905. The first-order valence-electron chi connectivity index (χ1n) is 7.15. The standard InChI is InChI=1S/C15H22ClNO2/c16-14-6-2-3-7-15(14)19-13-12-18-11-10-17-8-4-1-5-9-17/h2-3,6-7H,1,4-5,8-13H2/p+1. The van der Waals surface area contributed by atoms with Gasteiger partial charge >= 0.3 is 0 Å². The van der Waals surface area contributed by atoms with Crippen LogP contribution in [0, 0.1) is 0 Å². The summed E-state index contributed by atoms with van der Waals surface area (Å²) in [7, 11) is 0. The Morgan fingerprint density at radius 3 is 2.58 bits per heavy atom. The summed E-state index contributed by atoms with van der Waals surface area (Å²) in [4.78, 5) is 1.68. The molecule has 1 aromatic rings. The molecule has 106 valence electrons. The van der Waals surface area contributed by atoms with Crippen LogP contribution in [0.5, 0.6) is 5.75 Å². The van der Waals surface area contributed by atoms with E-state index in [9.17, 15) is 0 Å². The molecular weight excluding hydrogens is 262 g/mol. The highest BCUT2D eigenvalue weighted by Crippen LogP contribution is 2.22. The van der Waals surface area contributed by atoms with E-state index in [-0.39, 0.29) is 0 Å². The van der Waals surface area contributed by atoms with Gasteiger partial charge in [-0.1, -0.05) is 23.7 Å². The molecule has 0 saturated carbocycles. The molecule has 1 aliphatic rings. The Morgan fingerprint density at radius 2 is 1.79 bits per heavy atom. The highest BCUT2D eigenvalue weighted by atomic mass is 35.5. The van der Waals surface area contributed by atoms with E-state index in [0.717, 1.165) is 18.9 Å². The third-order valence-corrected chi connectivity index (χ3v) is 3.79. The van der Waals surface area contributed by atoms with Crippen molar-refractivity contribution in [1.82, 2.24) is 0 Å². The molecule has 1 fully saturated rings. The summed E-state index contributed by atoms with van der Waals surface area (Å²) in [5.74, 6) is 0.731. The van der Waals surface area contributed by atoms with Gasteiger partial charge in [-0.25, -0.2) is 0 Å². The number of piperidine rings is 1. The maximum absolute atomic E-state index is 6.00. The highest BCUT2D eigenvalue weighted by Gasteiger charge is 2.12. The van der Waals surface area contributed by atoms with Crippen molar-refractivity contribution in [1.29, 1.82) is 0 Å². The van der Waals surface area contributed by atoms with Crippen LogP contribution < -0.4 is 9.64 Å². The average molecular weight is 285 g/mol. The van der Waals surface area contributed by atoms with Crippen molar-refractivity contribution in [3.8, 4) is 5.75 Å². The molecule has 19 heavy (non-hydrogen) atoms. The Bertz CT molecular complexity index is 367. The number of quaternary nitrogens is 1. The molecule has 0 radical (unpaired) electrons. The fraction of sp³-hybridized carbons (Fsp3) is 0.600. The third-order valence-electron chi connectivity index (χ3n) is 3.48. The van der Waals surface area contributed by atoms with Crippen molar-refractivity contribution >= 4 is 11.6 Å². The van der Waals surface area contributed by atoms with Crippen LogP contribution in [0.25, 0.3) is 0 Å². The molecule has 0 atom stereocenters. The predicted octanol–water partition coefficient (Wildman–Crippen LogP) is 1.80. The van der Waals surface area contributed by atoms with E-state index < -0.39 is 0 Å². The summed E-state index contributed by atoms with van der Waals surface area (Å²) in [5, 5.41) is 0.653. The molecular formula is C15H23ClNO2+. The number of benzene rings is 1. The van der Waals surface area contributed by atoms with Gasteiger partial charge in [0, 0.05) is 0 Å². The largest absolute Gasteiger partial charge is 0.490 e. The Labute approximate surface area is 120 Å². The summed E-state index contributed by atoms with van der Waals surface area (Å²) in [6, 6.07) is 7.52. The molecule has 3 nitrogen and oxygen atoms in total. The predicted molar refractivity (Wildman–Crippen MR) is 77.2 cm³/mol. The molecule has 1 N–H and O–H groups in total. The van der Waals surface area contributed by atoms with Gasteiger partial charge in [-0.05, 0) is 31.4 Å². The zero-order chi connectivity index (χ0) is 13.3. The fourth-order valence-electron chi connectivity index (χ4n) is 2.39. The monoisotopic (exact) mass is 284 g/mol. The number of halogens is 1. The van der Waals surface area contributed by atoms with E-state index in [1.54, 1.807) is 4.90 Å². The molecule has 0 bridgehead atoms. The lowest BCUT2D eigenvalue weighted by Crippen LogP contribution is -3.13. The summed E-state index contributed by atoms with van der Waals surface area (Å²) in [6.07, 6.45) is 4.13. The number of nitrogens with one attached hydrogen (secondary N) is 1. The van der Waals surface area contributed by atoms with Gasteiger partial charge in [-0.2, -0.15) is 0 Å². The van der Waals surface area contributed by atoms with Gasteiger partial charge in [0.15, 0.2) is 0 Å². The number of likely N-dealkylation sites (tertiary alicyclic amines) is 1. The lowest BCUT2D eigenvalue weighted by Gasteiger charge is -2.23. The Kier molecular flexibility index (Phi) is 6.48. The van der Waals surface area contributed by atoms with E-state index in [1.807, 2.05) is 24.3 Å². The normalized spacial score (nSPS) is 16.5. The molecule has 1 aliphatic heterocycles. The second-order valence-corrected chi connectivity index (χ2v) is 5.36. The van der Waals surface area contributed by atoms with Gasteiger partial charge in [0.05, 0.1) is 31.3 Å². The smallest absolute Gasteiger partial charge is 0.138 e. The first kappa shape index (κ1) is 14.6. The number of hydrogen-bond donors (Lipinski definition) is 1. The van der Waals surface area contributed by atoms with Crippen LogP contribution in [0.2, 0.25) is 5.02 Å². The zero-order valence-corrected chi connectivity index (χ0v) is 12.1. The summed E-state index contributed by atoms with van der Waals surface area (Å²) < 4.78 is 11.2. The van der Waals surface area contributed by atoms with Crippen molar-refractivity contribution in [3.63, 3.8) is 0 Å². The van der Waals surface area contributed by atoms with Gasteiger partial charge in [-0.3, -0.25) is 0 Å².